The lowest BCUT2D eigenvalue weighted by Gasteiger charge is -2.37. The van der Waals surface area contributed by atoms with Crippen molar-refractivity contribution in [2.45, 2.75) is 31.7 Å². The molecular formula is C22H21N3O4. The van der Waals surface area contributed by atoms with Crippen LogP contribution in [0.5, 0.6) is 0 Å². The molecule has 3 heterocycles. The number of nitriles is 1. The molecule has 4 rings (SSSR count). The number of methoxy groups -OCH3 is 1. The van der Waals surface area contributed by atoms with E-state index >= 15 is 0 Å². The van der Waals surface area contributed by atoms with Gasteiger partial charge in [0, 0.05) is 17.3 Å². The summed E-state index contributed by atoms with van der Waals surface area (Å²) in [5.74, 6) is -0.652. The number of cyclic esters (lactones) is 1. The van der Waals surface area contributed by atoms with E-state index in [9.17, 15) is 14.9 Å². The van der Waals surface area contributed by atoms with Crippen LogP contribution in [-0.4, -0.2) is 30.2 Å². The second-order valence-corrected chi connectivity index (χ2v) is 8.08. The van der Waals surface area contributed by atoms with Gasteiger partial charge in [-0.3, -0.25) is 4.79 Å². The van der Waals surface area contributed by atoms with Crippen LogP contribution in [0.1, 0.15) is 37.5 Å². The molecule has 1 N–H and O–H groups in total. The summed E-state index contributed by atoms with van der Waals surface area (Å²) < 4.78 is 12.4. The minimum Gasteiger partial charge on any atom is -0.468 e. The Labute approximate surface area is 168 Å². The van der Waals surface area contributed by atoms with Gasteiger partial charge < -0.3 is 19.4 Å². The Bertz CT molecular complexity index is 1100. The number of nitrogens with one attached hydrogen (secondary N) is 1. The first-order chi connectivity index (χ1) is 13.8. The number of fused-ring (bicyclic) bond motifs is 1. The van der Waals surface area contributed by atoms with Crippen LogP contribution in [0.15, 0.2) is 47.8 Å². The van der Waals surface area contributed by atoms with Gasteiger partial charge in [0.1, 0.15) is 18.5 Å². The molecule has 1 atom stereocenters. The number of carbonyl (C=O) groups excluding carboxylic acids is 2. The van der Waals surface area contributed by atoms with Crippen LogP contribution in [0, 0.1) is 11.3 Å². The smallest absolute Gasteiger partial charge is 0.338 e. The van der Waals surface area contributed by atoms with Crippen molar-refractivity contribution in [3.63, 3.8) is 0 Å². The number of ether oxygens (including phenoxy) is 2. The van der Waals surface area contributed by atoms with Crippen LogP contribution in [0.3, 0.4) is 0 Å². The van der Waals surface area contributed by atoms with Crippen molar-refractivity contribution in [2.75, 3.05) is 19.0 Å². The lowest BCUT2D eigenvalue weighted by Crippen LogP contribution is -2.46. The highest BCUT2D eigenvalue weighted by atomic mass is 16.5. The molecule has 29 heavy (non-hydrogen) atoms. The van der Waals surface area contributed by atoms with Gasteiger partial charge in [-0.2, -0.15) is 5.26 Å². The maximum absolute atomic E-state index is 13.5. The Morgan fingerprint density at radius 2 is 2.00 bits per heavy atom. The standard InChI is InChI=1S/C22H21N3O4/c1-21(2,3)25-11-13(10-23)16-18(25)24-15-12-29-19(26)17(15)22(16,20(27)28-4)14-8-6-5-7-9-14/h5-9,11,24H,12H2,1-4H3. The predicted octanol–water partition coefficient (Wildman–Crippen LogP) is 2.81. The van der Waals surface area contributed by atoms with Gasteiger partial charge in [-0.1, -0.05) is 30.3 Å². The zero-order valence-electron chi connectivity index (χ0n) is 16.7. The molecule has 1 aromatic heterocycles. The molecule has 0 saturated carbocycles. The molecule has 2 aliphatic rings. The third kappa shape index (κ3) is 2.42. The molecule has 0 bridgehead atoms. The van der Waals surface area contributed by atoms with Crippen molar-refractivity contribution in [1.82, 2.24) is 4.57 Å². The van der Waals surface area contributed by atoms with Gasteiger partial charge >= 0.3 is 11.9 Å². The van der Waals surface area contributed by atoms with Gasteiger partial charge in [0.25, 0.3) is 0 Å². The summed E-state index contributed by atoms with van der Waals surface area (Å²) in [5, 5.41) is 13.2. The fourth-order valence-corrected chi connectivity index (χ4v) is 4.23. The second-order valence-electron chi connectivity index (χ2n) is 8.08. The molecule has 1 unspecified atom stereocenters. The Morgan fingerprint density at radius 1 is 1.31 bits per heavy atom. The molecule has 0 fully saturated rings. The van der Waals surface area contributed by atoms with Gasteiger partial charge in [-0.15, -0.1) is 0 Å². The van der Waals surface area contributed by atoms with Crippen LogP contribution in [0.25, 0.3) is 0 Å². The van der Waals surface area contributed by atoms with Crippen molar-refractivity contribution in [1.29, 1.82) is 5.26 Å². The monoisotopic (exact) mass is 391 g/mol. The average molecular weight is 391 g/mol. The molecule has 0 aliphatic carbocycles. The molecular weight excluding hydrogens is 370 g/mol. The highest BCUT2D eigenvalue weighted by Crippen LogP contribution is 2.52. The normalized spacial score (nSPS) is 20.3. The number of benzene rings is 1. The number of nitrogens with zero attached hydrogens (tertiary/aromatic N) is 2. The topological polar surface area (TPSA) is 93.3 Å². The molecule has 148 valence electrons. The molecule has 1 aromatic carbocycles. The van der Waals surface area contributed by atoms with E-state index in [1.54, 1.807) is 30.5 Å². The fourth-order valence-electron chi connectivity index (χ4n) is 4.23. The number of hydrogen-bond donors (Lipinski definition) is 1. The van der Waals surface area contributed by atoms with E-state index in [0.29, 0.717) is 28.2 Å². The minimum absolute atomic E-state index is 0.0242. The summed E-state index contributed by atoms with van der Waals surface area (Å²) in [4.78, 5) is 26.3. The van der Waals surface area contributed by atoms with Crippen LogP contribution in [-0.2, 0) is 30.0 Å². The first-order valence-electron chi connectivity index (χ1n) is 9.25. The van der Waals surface area contributed by atoms with Crippen molar-refractivity contribution in [3.8, 4) is 6.07 Å². The molecule has 0 spiro atoms. The van der Waals surface area contributed by atoms with Crippen LogP contribution in [0.4, 0.5) is 5.82 Å². The predicted molar refractivity (Wildman–Crippen MR) is 105 cm³/mol. The lowest BCUT2D eigenvalue weighted by atomic mass is 9.66. The summed E-state index contributed by atoms with van der Waals surface area (Å²) in [6.07, 6.45) is 1.71. The highest BCUT2D eigenvalue weighted by Gasteiger charge is 2.58. The molecule has 0 radical (unpaired) electrons. The quantitative estimate of drug-likeness (QED) is 0.792. The van der Waals surface area contributed by atoms with E-state index in [4.69, 9.17) is 9.47 Å². The first-order valence-corrected chi connectivity index (χ1v) is 9.25. The van der Waals surface area contributed by atoms with Gasteiger partial charge in [-0.25, -0.2) is 4.79 Å². The molecule has 2 aromatic rings. The second kappa shape index (κ2) is 6.24. The Kier molecular flexibility index (Phi) is 4.05. The molecule has 7 nitrogen and oxygen atoms in total. The largest absolute Gasteiger partial charge is 0.468 e. The zero-order valence-corrected chi connectivity index (χ0v) is 16.7. The Hall–Kier alpha value is -3.53. The van der Waals surface area contributed by atoms with Gasteiger partial charge in [0.2, 0.25) is 0 Å². The van der Waals surface area contributed by atoms with Crippen LogP contribution >= 0.6 is 0 Å². The fraction of sp³-hybridized carbons (Fsp3) is 0.318. The Morgan fingerprint density at radius 3 is 2.59 bits per heavy atom. The summed E-state index contributed by atoms with van der Waals surface area (Å²) in [6, 6.07) is 11.1. The van der Waals surface area contributed by atoms with E-state index in [1.165, 1.54) is 7.11 Å². The number of anilines is 1. The Balaban J connectivity index is 2.20. The number of esters is 2. The summed E-state index contributed by atoms with van der Waals surface area (Å²) in [6.45, 7) is 6.02. The maximum atomic E-state index is 13.5. The third-order valence-electron chi connectivity index (χ3n) is 5.42. The number of rotatable bonds is 2. The van der Waals surface area contributed by atoms with Crippen LogP contribution < -0.4 is 5.32 Å². The highest BCUT2D eigenvalue weighted by molar-refractivity contribution is 6.09. The number of hydrogen-bond acceptors (Lipinski definition) is 6. The van der Waals surface area contributed by atoms with Crippen LogP contribution in [0.2, 0.25) is 0 Å². The van der Waals surface area contributed by atoms with Crippen molar-refractivity contribution in [2.24, 2.45) is 0 Å². The van der Waals surface area contributed by atoms with Gasteiger partial charge in [-0.05, 0) is 26.3 Å². The maximum Gasteiger partial charge on any atom is 0.338 e. The summed E-state index contributed by atoms with van der Waals surface area (Å²) in [5.41, 5.74) is -0.0541. The van der Waals surface area contributed by atoms with E-state index in [2.05, 4.69) is 11.4 Å². The van der Waals surface area contributed by atoms with Crippen molar-refractivity contribution < 1.29 is 19.1 Å². The van der Waals surface area contributed by atoms with Crippen molar-refractivity contribution in [3.05, 3.63) is 64.5 Å². The third-order valence-corrected chi connectivity index (χ3v) is 5.42. The van der Waals surface area contributed by atoms with Gasteiger partial charge in [0.15, 0.2) is 5.41 Å². The molecule has 2 aliphatic heterocycles. The van der Waals surface area contributed by atoms with Gasteiger partial charge in [0.05, 0.1) is 23.9 Å². The first kappa shape index (κ1) is 18.8. The molecule has 7 heteroatoms. The summed E-state index contributed by atoms with van der Waals surface area (Å²) in [7, 11) is 1.28. The molecule has 0 saturated heterocycles. The van der Waals surface area contributed by atoms with E-state index in [1.807, 2.05) is 31.4 Å². The van der Waals surface area contributed by atoms with E-state index < -0.39 is 17.4 Å². The van der Waals surface area contributed by atoms with Crippen molar-refractivity contribution >= 4 is 17.8 Å². The zero-order chi connectivity index (χ0) is 21.0. The van der Waals surface area contributed by atoms with E-state index in [0.717, 1.165) is 0 Å². The molecule has 0 amide bonds. The number of carbonyl (C=O) groups is 2. The number of aromatic nitrogens is 1. The minimum atomic E-state index is -1.60. The van der Waals surface area contributed by atoms with E-state index in [-0.39, 0.29) is 17.7 Å². The summed E-state index contributed by atoms with van der Waals surface area (Å²) >= 11 is 0. The lowest BCUT2D eigenvalue weighted by molar-refractivity contribution is -0.147. The average Bonchev–Trinajstić information content (AvgIpc) is 3.27. The SMILES string of the molecule is COC(=O)C1(c2ccccc2)C2=C(COC2=O)Nc2c1c(C#N)cn2C(C)(C)C.